The highest BCUT2D eigenvalue weighted by atomic mass is 31.1. The van der Waals surface area contributed by atoms with E-state index in [2.05, 4.69) is 48.8 Å². The van der Waals surface area contributed by atoms with Gasteiger partial charge in [0.1, 0.15) is 5.67 Å². The number of hydrogen-bond donors (Lipinski definition) is 0. The number of allylic oxidation sites excluding steroid dienone is 3. The first-order valence-electron chi connectivity index (χ1n) is 10.2. The third-order valence-electron chi connectivity index (χ3n) is 5.87. The minimum Gasteiger partial charge on any atom is -0.377 e. The van der Waals surface area contributed by atoms with Gasteiger partial charge in [-0.1, -0.05) is 52.8 Å². The average Bonchev–Trinajstić information content (AvgIpc) is 2.59. The summed E-state index contributed by atoms with van der Waals surface area (Å²) in [7, 11) is 3.03. The lowest BCUT2D eigenvalue weighted by Gasteiger charge is -2.40. The van der Waals surface area contributed by atoms with Crippen molar-refractivity contribution in [3.63, 3.8) is 0 Å². The maximum atomic E-state index is 15.3. The van der Waals surface area contributed by atoms with Crippen molar-refractivity contribution in [2.75, 3.05) is 33.3 Å². The van der Waals surface area contributed by atoms with E-state index >= 15 is 4.39 Å². The Hall–Kier alpha value is -0.400. The van der Waals surface area contributed by atoms with Gasteiger partial charge < -0.3 is 9.80 Å². The zero-order valence-electron chi connectivity index (χ0n) is 16.6. The van der Waals surface area contributed by atoms with Crippen LogP contribution in [0.5, 0.6) is 0 Å². The Bertz CT molecular complexity index is 433. The summed E-state index contributed by atoms with van der Waals surface area (Å²) in [5, 5.41) is 1.41. The molecule has 0 bridgehead atoms. The van der Waals surface area contributed by atoms with E-state index in [1.54, 1.807) is 0 Å². The Morgan fingerprint density at radius 2 is 1.76 bits per heavy atom. The molecule has 144 valence electrons. The molecule has 1 aliphatic heterocycles. The van der Waals surface area contributed by atoms with Crippen LogP contribution in [0, 0.1) is 0 Å². The molecule has 0 spiro atoms. The lowest BCUT2D eigenvalue weighted by atomic mass is 9.87. The van der Waals surface area contributed by atoms with Gasteiger partial charge in [-0.2, -0.15) is 0 Å². The summed E-state index contributed by atoms with van der Waals surface area (Å²) in [4.78, 5) is 4.79. The molecule has 4 heteroatoms. The third-order valence-corrected chi connectivity index (χ3v) is 6.74. The summed E-state index contributed by atoms with van der Waals surface area (Å²) in [5.74, 6) is 0. The monoisotopic (exact) mass is 368 g/mol. The quantitative estimate of drug-likeness (QED) is 0.447. The lowest BCUT2D eigenvalue weighted by Crippen LogP contribution is -2.47. The molecule has 1 saturated heterocycles. The molecule has 2 aliphatic rings. The first kappa shape index (κ1) is 20.9. The Balaban J connectivity index is 1.82. The number of hydrogen-bond acceptors (Lipinski definition) is 2. The SMILES string of the molecule is C/C=C/C(=C\N(C)C1CCN(CC2(F)CCCCCCC2)CC1)PC. The zero-order valence-corrected chi connectivity index (χ0v) is 17.6. The van der Waals surface area contributed by atoms with Crippen LogP contribution in [0.3, 0.4) is 0 Å². The standard InChI is InChI=1S/C21H38FN2P/c1-4-10-20(25-3)17-23(2)19-11-15-24(16-12-19)18-21(22)13-8-6-5-7-9-14-21/h4,10,17,19,25H,5-9,11-16,18H2,1-3H3/b10-4+,20-17+. The van der Waals surface area contributed by atoms with Crippen LogP contribution in [0.4, 0.5) is 4.39 Å². The van der Waals surface area contributed by atoms with Crippen LogP contribution in [0.15, 0.2) is 23.7 Å². The molecule has 0 amide bonds. The molecule has 1 unspecified atom stereocenters. The van der Waals surface area contributed by atoms with Crippen LogP contribution in [0.1, 0.15) is 64.7 Å². The molecule has 25 heavy (non-hydrogen) atoms. The summed E-state index contributed by atoms with van der Waals surface area (Å²) >= 11 is 0. The molecule has 0 N–H and O–H groups in total. The maximum Gasteiger partial charge on any atom is 0.123 e. The summed E-state index contributed by atoms with van der Waals surface area (Å²) in [5.41, 5.74) is -0.929. The topological polar surface area (TPSA) is 6.48 Å². The molecule has 2 rings (SSSR count). The van der Waals surface area contributed by atoms with Crippen molar-refractivity contribution in [1.29, 1.82) is 0 Å². The van der Waals surface area contributed by atoms with Crippen LogP contribution in [-0.4, -0.2) is 54.9 Å². The van der Waals surface area contributed by atoms with Gasteiger partial charge in [0.25, 0.3) is 0 Å². The number of likely N-dealkylation sites (tertiary alicyclic amines) is 1. The molecular weight excluding hydrogens is 330 g/mol. The summed E-state index contributed by atoms with van der Waals surface area (Å²) in [6.07, 6.45) is 16.4. The molecule has 1 saturated carbocycles. The molecule has 0 aromatic heterocycles. The zero-order chi connectivity index (χ0) is 18.1. The number of nitrogens with zero attached hydrogens (tertiary/aromatic N) is 2. The van der Waals surface area contributed by atoms with Crippen molar-refractivity contribution in [3.8, 4) is 0 Å². The van der Waals surface area contributed by atoms with Gasteiger partial charge in [-0.3, -0.25) is 0 Å². The second-order valence-corrected chi connectivity index (χ2v) is 9.00. The van der Waals surface area contributed by atoms with E-state index in [0.717, 1.165) is 60.2 Å². The van der Waals surface area contributed by atoms with E-state index in [0.29, 0.717) is 12.6 Å². The van der Waals surface area contributed by atoms with Crippen molar-refractivity contribution >= 4 is 8.58 Å². The van der Waals surface area contributed by atoms with Crippen molar-refractivity contribution < 1.29 is 4.39 Å². The van der Waals surface area contributed by atoms with Crippen LogP contribution >= 0.6 is 8.58 Å². The minimum atomic E-state index is -0.929. The smallest absolute Gasteiger partial charge is 0.123 e. The predicted octanol–water partition coefficient (Wildman–Crippen LogP) is 5.56. The van der Waals surface area contributed by atoms with Crippen LogP contribution in [0.25, 0.3) is 0 Å². The van der Waals surface area contributed by atoms with Gasteiger partial charge in [-0.05, 0) is 44.6 Å². The predicted molar refractivity (Wildman–Crippen MR) is 111 cm³/mol. The van der Waals surface area contributed by atoms with Gasteiger partial charge in [0, 0.05) is 38.9 Å². The average molecular weight is 369 g/mol. The third kappa shape index (κ3) is 7.02. The Labute approximate surface area is 156 Å². The summed E-state index contributed by atoms with van der Waals surface area (Å²) < 4.78 is 15.3. The van der Waals surface area contributed by atoms with Crippen LogP contribution in [0.2, 0.25) is 0 Å². The molecule has 2 fully saturated rings. The first-order chi connectivity index (χ1) is 12.1. The highest BCUT2D eigenvalue weighted by Gasteiger charge is 2.33. The van der Waals surface area contributed by atoms with Crippen molar-refractivity contribution in [3.05, 3.63) is 23.7 Å². The largest absolute Gasteiger partial charge is 0.377 e. The molecule has 2 nitrogen and oxygen atoms in total. The van der Waals surface area contributed by atoms with Gasteiger partial charge >= 0.3 is 0 Å². The fourth-order valence-electron chi connectivity index (χ4n) is 4.28. The molecule has 0 radical (unpaired) electrons. The molecule has 1 atom stereocenters. The van der Waals surface area contributed by atoms with E-state index in [-0.39, 0.29) is 0 Å². The first-order valence-corrected chi connectivity index (χ1v) is 11.7. The number of alkyl halides is 1. The number of rotatable bonds is 6. The van der Waals surface area contributed by atoms with E-state index in [9.17, 15) is 0 Å². The summed E-state index contributed by atoms with van der Waals surface area (Å²) in [6.45, 7) is 7.07. The second-order valence-electron chi connectivity index (χ2n) is 7.93. The number of halogens is 1. The molecule has 0 aromatic carbocycles. The van der Waals surface area contributed by atoms with Gasteiger partial charge in [-0.25, -0.2) is 4.39 Å². The molecule has 0 aromatic rings. The maximum absolute atomic E-state index is 15.3. The van der Waals surface area contributed by atoms with E-state index in [4.69, 9.17) is 0 Å². The van der Waals surface area contributed by atoms with Crippen molar-refractivity contribution in [2.45, 2.75) is 76.4 Å². The fourth-order valence-corrected chi connectivity index (χ4v) is 4.94. The highest BCUT2D eigenvalue weighted by molar-refractivity contribution is 7.42. The van der Waals surface area contributed by atoms with E-state index in [1.165, 1.54) is 24.6 Å². The summed E-state index contributed by atoms with van der Waals surface area (Å²) in [6, 6.07) is 0.598. The van der Waals surface area contributed by atoms with Gasteiger partial charge in [-0.15, -0.1) is 0 Å². The Morgan fingerprint density at radius 3 is 2.32 bits per heavy atom. The van der Waals surface area contributed by atoms with E-state index in [1.807, 2.05) is 0 Å². The van der Waals surface area contributed by atoms with Gasteiger partial charge in [0.05, 0.1) is 0 Å². The second kappa shape index (κ2) is 10.7. The lowest BCUT2D eigenvalue weighted by molar-refractivity contribution is 0.0458. The van der Waals surface area contributed by atoms with Crippen molar-refractivity contribution in [2.24, 2.45) is 0 Å². The Morgan fingerprint density at radius 1 is 1.16 bits per heavy atom. The number of piperidine rings is 1. The van der Waals surface area contributed by atoms with Crippen LogP contribution < -0.4 is 0 Å². The van der Waals surface area contributed by atoms with Crippen LogP contribution in [-0.2, 0) is 0 Å². The van der Waals surface area contributed by atoms with Crippen molar-refractivity contribution in [1.82, 2.24) is 9.80 Å². The van der Waals surface area contributed by atoms with Gasteiger partial charge in [0.15, 0.2) is 0 Å². The highest BCUT2D eigenvalue weighted by Crippen LogP contribution is 2.32. The fraction of sp³-hybridized carbons (Fsp3) is 0.810. The minimum absolute atomic E-state index is 0.598. The van der Waals surface area contributed by atoms with E-state index < -0.39 is 5.67 Å². The molecule has 1 heterocycles. The normalized spacial score (nSPS) is 24.7. The molecule has 1 aliphatic carbocycles. The molecular formula is C21H38FN2P. The Kier molecular flexibility index (Phi) is 8.93. The van der Waals surface area contributed by atoms with Gasteiger partial charge in [0.2, 0.25) is 0 Å².